The van der Waals surface area contributed by atoms with Crippen LogP contribution in [0.25, 0.3) is 5.76 Å². The molecule has 0 bridgehead atoms. The zero-order valence-electron chi connectivity index (χ0n) is 22.3. The average molecular weight is 494 g/mol. The van der Waals surface area contributed by atoms with Crippen LogP contribution in [0.3, 0.4) is 0 Å². The van der Waals surface area contributed by atoms with Crippen LogP contribution < -0.4 is 9.47 Å². The lowest BCUT2D eigenvalue weighted by Crippen LogP contribution is -2.30. The van der Waals surface area contributed by atoms with Crippen LogP contribution >= 0.6 is 0 Å². The Morgan fingerprint density at radius 2 is 1.72 bits per heavy atom. The Balaban J connectivity index is 2.04. The van der Waals surface area contributed by atoms with Crippen LogP contribution in [0.5, 0.6) is 11.5 Å². The first-order valence-corrected chi connectivity index (χ1v) is 12.9. The number of benzene rings is 2. The van der Waals surface area contributed by atoms with Crippen molar-refractivity contribution in [2.24, 2.45) is 5.92 Å². The molecule has 6 heteroatoms. The second-order valence-electron chi connectivity index (χ2n) is 10.1. The molecule has 0 radical (unpaired) electrons. The SMILES string of the molecule is CCCCCN1C(=O)C(=O)/C(=C(\O)c2ccc(OCC(C)C)c(C)c2)C1c1ccc(OC(C)C)cc1. The molecule has 1 unspecified atom stereocenters. The van der Waals surface area contributed by atoms with E-state index in [0.717, 1.165) is 36.1 Å². The molecule has 1 aliphatic heterocycles. The molecule has 3 rings (SSSR count). The van der Waals surface area contributed by atoms with Gasteiger partial charge in [-0.15, -0.1) is 0 Å². The predicted octanol–water partition coefficient (Wildman–Crippen LogP) is 6.43. The molecule has 1 fully saturated rings. The number of likely N-dealkylation sites (tertiary alicyclic amines) is 1. The number of carbonyl (C=O) groups excluding carboxylic acids is 2. The van der Waals surface area contributed by atoms with Crippen molar-refractivity contribution < 1.29 is 24.2 Å². The smallest absolute Gasteiger partial charge is 0.295 e. The second-order valence-corrected chi connectivity index (χ2v) is 10.1. The molecule has 0 spiro atoms. The number of carbonyl (C=O) groups is 2. The third-order valence-electron chi connectivity index (χ3n) is 6.13. The van der Waals surface area contributed by atoms with Crippen LogP contribution in [-0.4, -0.2) is 41.0 Å². The zero-order valence-corrected chi connectivity index (χ0v) is 22.3. The molecule has 0 aliphatic carbocycles. The molecule has 2 aromatic rings. The summed E-state index contributed by atoms with van der Waals surface area (Å²) >= 11 is 0. The summed E-state index contributed by atoms with van der Waals surface area (Å²) in [6.07, 6.45) is 2.77. The van der Waals surface area contributed by atoms with Crippen molar-refractivity contribution in [2.45, 2.75) is 73.0 Å². The summed E-state index contributed by atoms with van der Waals surface area (Å²) in [5, 5.41) is 11.4. The van der Waals surface area contributed by atoms with E-state index in [-0.39, 0.29) is 17.4 Å². The maximum Gasteiger partial charge on any atom is 0.295 e. The lowest BCUT2D eigenvalue weighted by Gasteiger charge is -2.25. The number of Topliss-reactive ketones (excluding diaryl/α,β-unsaturated/α-hetero) is 1. The van der Waals surface area contributed by atoms with E-state index in [1.165, 1.54) is 0 Å². The van der Waals surface area contributed by atoms with E-state index in [4.69, 9.17) is 9.47 Å². The molecule has 1 aliphatic rings. The third-order valence-corrected chi connectivity index (χ3v) is 6.13. The van der Waals surface area contributed by atoms with E-state index in [0.29, 0.717) is 30.4 Å². The molecule has 1 heterocycles. The number of aliphatic hydroxyl groups is 1. The summed E-state index contributed by atoms with van der Waals surface area (Å²) in [5.41, 5.74) is 2.21. The Morgan fingerprint density at radius 3 is 2.31 bits per heavy atom. The standard InChI is InChI=1S/C30H39NO5/c1-7-8-9-16-31-27(22-10-13-24(14-11-22)36-20(4)5)26(29(33)30(31)34)28(32)23-12-15-25(21(6)17-23)35-18-19(2)3/h10-15,17,19-20,27,32H,7-9,16,18H2,1-6H3/b28-26-. The number of hydrogen-bond acceptors (Lipinski definition) is 5. The van der Waals surface area contributed by atoms with Gasteiger partial charge in [-0.2, -0.15) is 0 Å². The van der Waals surface area contributed by atoms with Crippen molar-refractivity contribution >= 4 is 17.4 Å². The average Bonchev–Trinajstić information content (AvgIpc) is 3.08. The first kappa shape index (κ1) is 27.3. The minimum Gasteiger partial charge on any atom is -0.507 e. The fourth-order valence-electron chi connectivity index (χ4n) is 4.36. The van der Waals surface area contributed by atoms with E-state index >= 15 is 0 Å². The van der Waals surface area contributed by atoms with Crippen LogP contribution in [0.1, 0.15) is 76.6 Å². The van der Waals surface area contributed by atoms with Gasteiger partial charge in [-0.05, 0) is 74.6 Å². The normalized spacial score (nSPS) is 17.3. The minimum atomic E-state index is -0.660. The number of hydrogen-bond donors (Lipinski definition) is 1. The second kappa shape index (κ2) is 12.1. The van der Waals surface area contributed by atoms with Crippen molar-refractivity contribution in [3.8, 4) is 11.5 Å². The molecular weight excluding hydrogens is 454 g/mol. The van der Waals surface area contributed by atoms with Crippen molar-refractivity contribution in [3.05, 3.63) is 64.7 Å². The number of rotatable bonds is 11. The highest BCUT2D eigenvalue weighted by molar-refractivity contribution is 6.46. The van der Waals surface area contributed by atoms with Gasteiger partial charge in [0.25, 0.3) is 11.7 Å². The summed E-state index contributed by atoms with van der Waals surface area (Å²) in [5.74, 6) is 0.431. The van der Waals surface area contributed by atoms with Crippen LogP contribution in [0.2, 0.25) is 0 Å². The van der Waals surface area contributed by atoms with Crippen LogP contribution in [0, 0.1) is 12.8 Å². The minimum absolute atomic E-state index is 0.0336. The van der Waals surface area contributed by atoms with Gasteiger partial charge >= 0.3 is 0 Å². The summed E-state index contributed by atoms with van der Waals surface area (Å²) in [6.45, 7) is 13.1. The molecule has 1 atom stereocenters. The van der Waals surface area contributed by atoms with Gasteiger partial charge in [-0.3, -0.25) is 9.59 Å². The number of ketones is 1. The summed E-state index contributed by atoms with van der Waals surface area (Å²) in [6, 6.07) is 12.1. The molecule has 6 nitrogen and oxygen atoms in total. The monoisotopic (exact) mass is 493 g/mol. The van der Waals surface area contributed by atoms with Crippen LogP contribution in [0.15, 0.2) is 48.0 Å². The Hall–Kier alpha value is -3.28. The van der Waals surface area contributed by atoms with Gasteiger partial charge in [-0.1, -0.05) is 45.7 Å². The number of ether oxygens (including phenoxy) is 2. The third kappa shape index (κ3) is 6.28. The van der Waals surface area contributed by atoms with Crippen molar-refractivity contribution in [1.29, 1.82) is 0 Å². The number of unbranched alkanes of at least 4 members (excludes halogenated alkanes) is 2. The highest BCUT2D eigenvalue weighted by Crippen LogP contribution is 2.40. The summed E-state index contributed by atoms with van der Waals surface area (Å²) < 4.78 is 11.6. The van der Waals surface area contributed by atoms with Crippen molar-refractivity contribution in [1.82, 2.24) is 4.90 Å². The van der Waals surface area contributed by atoms with Gasteiger partial charge in [0.05, 0.1) is 24.3 Å². The Bertz CT molecular complexity index is 1100. The quantitative estimate of drug-likeness (QED) is 0.169. The van der Waals surface area contributed by atoms with Crippen molar-refractivity contribution in [3.63, 3.8) is 0 Å². The molecule has 1 amide bonds. The molecule has 0 saturated carbocycles. The first-order valence-electron chi connectivity index (χ1n) is 12.9. The van der Waals surface area contributed by atoms with Gasteiger partial charge < -0.3 is 19.5 Å². The zero-order chi connectivity index (χ0) is 26.4. The predicted molar refractivity (Wildman–Crippen MR) is 142 cm³/mol. The van der Waals surface area contributed by atoms with Gasteiger partial charge in [0.2, 0.25) is 0 Å². The highest BCUT2D eigenvalue weighted by atomic mass is 16.5. The first-order chi connectivity index (χ1) is 17.1. The maximum atomic E-state index is 13.2. The van der Waals surface area contributed by atoms with Gasteiger partial charge in [0.1, 0.15) is 17.3 Å². The number of aliphatic hydroxyl groups excluding tert-OH is 1. The van der Waals surface area contributed by atoms with E-state index < -0.39 is 17.7 Å². The Labute approximate surface area is 214 Å². The van der Waals surface area contributed by atoms with Gasteiger partial charge in [0, 0.05) is 12.1 Å². The van der Waals surface area contributed by atoms with Crippen molar-refractivity contribution in [2.75, 3.05) is 13.2 Å². The summed E-state index contributed by atoms with van der Waals surface area (Å²) in [7, 11) is 0. The van der Waals surface area contributed by atoms with E-state index in [9.17, 15) is 14.7 Å². The molecular formula is C30H39NO5. The van der Waals surface area contributed by atoms with Gasteiger partial charge in [0.15, 0.2) is 0 Å². The Morgan fingerprint density at radius 1 is 1.03 bits per heavy atom. The highest BCUT2D eigenvalue weighted by Gasteiger charge is 2.45. The summed E-state index contributed by atoms with van der Waals surface area (Å²) in [4.78, 5) is 27.9. The molecule has 1 N–H and O–H groups in total. The number of nitrogens with zero attached hydrogens (tertiary/aromatic N) is 1. The van der Waals surface area contributed by atoms with E-state index in [1.54, 1.807) is 23.1 Å². The molecule has 1 saturated heterocycles. The molecule has 36 heavy (non-hydrogen) atoms. The lowest BCUT2D eigenvalue weighted by molar-refractivity contribution is -0.139. The van der Waals surface area contributed by atoms with Gasteiger partial charge in [-0.25, -0.2) is 0 Å². The van der Waals surface area contributed by atoms with E-state index in [1.807, 2.05) is 45.0 Å². The lowest BCUT2D eigenvalue weighted by atomic mass is 9.94. The fraction of sp³-hybridized carbons (Fsp3) is 0.467. The molecule has 2 aromatic carbocycles. The van der Waals surface area contributed by atoms with E-state index in [2.05, 4.69) is 20.8 Å². The maximum absolute atomic E-state index is 13.2. The molecule has 0 aromatic heterocycles. The fourth-order valence-corrected chi connectivity index (χ4v) is 4.36. The largest absolute Gasteiger partial charge is 0.507 e. The molecule has 194 valence electrons. The van der Waals surface area contributed by atoms with Crippen LogP contribution in [-0.2, 0) is 9.59 Å². The number of amides is 1. The Kier molecular flexibility index (Phi) is 9.19. The number of aryl methyl sites for hydroxylation is 1. The van der Waals surface area contributed by atoms with Crippen LogP contribution in [0.4, 0.5) is 0 Å². The topological polar surface area (TPSA) is 76.1 Å².